The smallest absolute Gasteiger partial charge is 0.185 e. The first kappa shape index (κ1) is 22.2. The Labute approximate surface area is 203 Å². The summed E-state index contributed by atoms with van der Waals surface area (Å²) in [5, 5.41) is 14.2. The molecule has 0 aromatic carbocycles. The average molecular weight is 482 g/mol. The van der Waals surface area contributed by atoms with Crippen LogP contribution in [-0.4, -0.2) is 66.7 Å². The van der Waals surface area contributed by atoms with Gasteiger partial charge in [-0.2, -0.15) is 0 Å². The number of hydrogen-bond acceptors (Lipinski definition) is 9. The summed E-state index contributed by atoms with van der Waals surface area (Å²) in [6.07, 6.45) is 10.5. The minimum Gasteiger partial charge on any atom is -0.359 e. The van der Waals surface area contributed by atoms with E-state index in [0.717, 1.165) is 79.0 Å². The van der Waals surface area contributed by atoms with Gasteiger partial charge in [-0.3, -0.25) is 4.79 Å². The number of carbonyl (C=O) groups excluding carboxylic acids is 1. The maximum atomic E-state index is 13.0. The van der Waals surface area contributed by atoms with Gasteiger partial charge in [-0.15, -0.1) is 16.9 Å². The number of likely N-dealkylation sites (N-methyl/N-ethyl adjacent to an activating group) is 1. The molecular formula is C24H31N7O2S. The molecule has 0 bridgehead atoms. The van der Waals surface area contributed by atoms with Crippen LogP contribution in [0.2, 0.25) is 0 Å². The van der Waals surface area contributed by atoms with Gasteiger partial charge in [-0.05, 0) is 71.7 Å². The van der Waals surface area contributed by atoms with Crippen molar-refractivity contribution in [3.63, 3.8) is 0 Å². The summed E-state index contributed by atoms with van der Waals surface area (Å²) in [6, 6.07) is 0.544. The second kappa shape index (κ2) is 8.41. The molecule has 1 spiro atoms. The third kappa shape index (κ3) is 3.25. The molecule has 6 rings (SSSR count). The quantitative estimate of drug-likeness (QED) is 0.404. The molecule has 4 heterocycles. The van der Waals surface area contributed by atoms with Gasteiger partial charge < -0.3 is 9.42 Å². The van der Waals surface area contributed by atoms with Crippen LogP contribution in [0.25, 0.3) is 22.7 Å². The van der Waals surface area contributed by atoms with Crippen molar-refractivity contribution < 1.29 is 9.32 Å². The van der Waals surface area contributed by atoms with E-state index in [1.54, 1.807) is 0 Å². The summed E-state index contributed by atoms with van der Waals surface area (Å²) in [5.74, 6) is 1.61. The predicted molar refractivity (Wildman–Crippen MR) is 129 cm³/mol. The Morgan fingerprint density at radius 3 is 2.76 bits per heavy atom. The second-order valence-electron chi connectivity index (χ2n) is 10.1. The Bertz CT molecular complexity index is 1250. The summed E-state index contributed by atoms with van der Waals surface area (Å²) in [4.78, 5) is 25.2. The maximum absolute atomic E-state index is 13.0. The van der Waals surface area contributed by atoms with E-state index in [1.165, 1.54) is 18.2 Å². The zero-order chi connectivity index (χ0) is 23.4. The van der Waals surface area contributed by atoms with Crippen molar-refractivity contribution >= 4 is 28.7 Å². The van der Waals surface area contributed by atoms with E-state index in [9.17, 15) is 4.79 Å². The van der Waals surface area contributed by atoms with Gasteiger partial charge in [0.15, 0.2) is 28.4 Å². The van der Waals surface area contributed by atoms with Gasteiger partial charge >= 0.3 is 0 Å². The summed E-state index contributed by atoms with van der Waals surface area (Å²) >= 11 is 1.54. The van der Waals surface area contributed by atoms with Crippen LogP contribution in [-0.2, 0) is 16.6 Å². The first-order chi connectivity index (χ1) is 16.5. The van der Waals surface area contributed by atoms with Crippen LogP contribution in [0.15, 0.2) is 9.55 Å². The fourth-order valence-corrected chi connectivity index (χ4v) is 6.91. The van der Waals surface area contributed by atoms with Gasteiger partial charge in [-0.25, -0.2) is 14.6 Å². The number of nitrogens with zero attached hydrogens (tertiary/aromatic N) is 7. The van der Waals surface area contributed by atoms with Gasteiger partial charge in [0.2, 0.25) is 0 Å². The molecular weight excluding hydrogens is 450 g/mol. The molecule has 34 heavy (non-hydrogen) atoms. The summed E-state index contributed by atoms with van der Waals surface area (Å²) in [5.41, 5.74) is 2.63. The number of carbonyl (C=O) groups is 1. The average Bonchev–Trinajstić information content (AvgIpc) is 3.58. The lowest BCUT2D eigenvalue weighted by molar-refractivity contribution is -0.128. The number of thioether (sulfide) groups is 1. The van der Waals surface area contributed by atoms with Gasteiger partial charge in [0.05, 0.1) is 11.5 Å². The van der Waals surface area contributed by atoms with Gasteiger partial charge in [0.1, 0.15) is 10.8 Å². The van der Waals surface area contributed by atoms with Gasteiger partial charge in [-0.1, -0.05) is 16.8 Å². The SMILES string of the molecule is CSc1nc(-c2noc3c2CCC[C@@]32CCCCC2=O)nc2c1nnn2C(C)[C@@H]1CCCN1C. The molecule has 1 aliphatic heterocycles. The first-order valence-electron chi connectivity index (χ1n) is 12.4. The zero-order valence-corrected chi connectivity index (χ0v) is 20.9. The molecule has 1 unspecified atom stereocenters. The van der Waals surface area contributed by atoms with E-state index >= 15 is 0 Å². The number of aromatic nitrogens is 6. The molecule has 3 atom stereocenters. The molecule has 9 nitrogen and oxygen atoms in total. The highest BCUT2D eigenvalue weighted by Gasteiger charge is 2.48. The maximum Gasteiger partial charge on any atom is 0.185 e. The molecule has 2 fully saturated rings. The Balaban J connectivity index is 1.46. The van der Waals surface area contributed by atoms with E-state index < -0.39 is 5.41 Å². The number of rotatable bonds is 4. The Kier molecular flexibility index (Phi) is 5.48. The lowest BCUT2D eigenvalue weighted by Gasteiger charge is -2.36. The van der Waals surface area contributed by atoms with Crippen molar-refractivity contribution in [3.05, 3.63) is 11.3 Å². The number of fused-ring (bicyclic) bond motifs is 3. The highest BCUT2D eigenvalue weighted by Crippen LogP contribution is 2.47. The van der Waals surface area contributed by atoms with E-state index in [4.69, 9.17) is 14.5 Å². The Hall–Kier alpha value is -2.33. The van der Waals surface area contributed by atoms with Crippen molar-refractivity contribution in [1.29, 1.82) is 0 Å². The molecule has 0 N–H and O–H groups in total. The van der Waals surface area contributed by atoms with Gasteiger partial charge in [0, 0.05) is 18.0 Å². The number of likely N-dealkylation sites (tertiary alicyclic amines) is 1. The van der Waals surface area contributed by atoms with Crippen LogP contribution in [0.3, 0.4) is 0 Å². The molecule has 0 amide bonds. The minimum atomic E-state index is -0.506. The summed E-state index contributed by atoms with van der Waals surface area (Å²) in [6.45, 7) is 3.29. The number of hydrogen-bond donors (Lipinski definition) is 0. The number of Topliss-reactive ketones (excluding diaryl/α,β-unsaturated/α-hetero) is 1. The summed E-state index contributed by atoms with van der Waals surface area (Å²) in [7, 11) is 2.17. The van der Waals surface area contributed by atoms with Crippen LogP contribution in [0, 0.1) is 0 Å². The summed E-state index contributed by atoms with van der Waals surface area (Å²) < 4.78 is 7.89. The normalized spacial score (nSPS) is 26.4. The third-order valence-electron chi connectivity index (χ3n) is 8.26. The van der Waals surface area contributed by atoms with Crippen LogP contribution in [0.5, 0.6) is 0 Å². The molecule has 3 aromatic heterocycles. The molecule has 3 aromatic rings. The zero-order valence-electron chi connectivity index (χ0n) is 20.1. The third-order valence-corrected chi connectivity index (χ3v) is 8.93. The Morgan fingerprint density at radius 2 is 2.00 bits per heavy atom. The standard InChI is InChI=1S/C24H31N7O2S/c1-14(16-9-7-13-30(16)2)31-22-19(27-29-31)23(34-3)26-21(25-22)18-15-8-6-12-24(20(15)33-28-18)11-5-4-10-17(24)32/h14,16H,4-13H2,1-3H3/t14?,16-,24+/m0/s1. The Morgan fingerprint density at radius 1 is 1.15 bits per heavy atom. The lowest BCUT2D eigenvalue weighted by atomic mass is 9.64. The largest absolute Gasteiger partial charge is 0.359 e. The van der Waals surface area contributed by atoms with Crippen molar-refractivity contribution in [2.24, 2.45) is 0 Å². The fourth-order valence-electron chi connectivity index (χ4n) is 6.41. The molecule has 0 radical (unpaired) electrons. The van der Waals surface area contributed by atoms with Crippen molar-refractivity contribution in [2.75, 3.05) is 19.8 Å². The van der Waals surface area contributed by atoms with E-state index in [1.807, 2.05) is 10.9 Å². The highest BCUT2D eigenvalue weighted by atomic mass is 32.2. The first-order valence-corrected chi connectivity index (χ1v) is 13.7. The second-order valence-corrected chi connectivity index (χ2v) is 10.9. The lowest BCUT2D eigenvalue weighted by Crippen LogP contribution is -2.41. The van der Waals surface area contributed by atoms with Crippen LogP contribution < -0.4 is 0 Å². The van der Waals surface area contributed by atoms with Crippen LogP contribution in [0.4, 0.5) is 0 Å². The van der Waals surface area contributed by atoms with Gasteiger partial charge in [0.25, 0.3) is 0 Å². The van der Waals surface area contributed by atoms with Crippen molar-refractivity contribution in [3.8, 4) is 11.5 Å². The van der Waals surface area contributed by atoms with Crippen molar-refractivity contribution in [2.45, 2.75) is 87.2 Å². The van der Waals surface area contributed by atoms with E-state index in [0.29, 0.717) is 29.8 Å². The van der Waals surface area contributed by atoms with Crippen LogP contribution >= 0.6 is 11.8 Å². The molecule has 1 saturated carbocycles. The fraction of sp³-hybridized carbons (Fsp3) is 0.667. The van der Waals surface area contributed by atoms with Crippen LogP contribution in [0.1, 0.15) is 75.7 Å². The highest BCUT2D eigenvalue weighted by molar-refractivity contribution is 7.98. The molecule has 10 heteroatoms. The van der Waals surface area contributed by atoms with E-state index in [-0.39, 0.29) is 6.04 Å². The van der Waals surface area contributed by atoms with E-state index in [2.05, 4.69) is 34.3 Å². The monoisotopic (exact) mass is 481 g/mol. The topological polar surface area (TPSA) is 103 Å². The molecule has 180 valence electrons. The number of ketones is 1. The predicted octanol–water partition coefficient (Wildman–Crippen LogP) is 3.97. The molecule has 1 saturated heterocycles. The molecule has 2 aliphatic carbocycles. The molecule has 3 aliphatic rings. The van der Waals surface area contributed by atoms with Crippen molar-refractivity contribution in [1.82, 2.24) is 35.0 Å². The minimum absolute atomic E-state index is 0.143.